The highest BCUT2D eigenvalue weighted by Crippen LogP contribution is 2.09. The first-order valence-electron chi connectivity index (χ1n) is 6.43. The molecule has 0 fully saturated rings. The molecular formula is C17H40F2O5Si2. The van der Waals surface area contributed by atoms with E-state index in [1.807, 2.05) is 6.55 Å². The quantitative estimate of drug-likeness (QED) is 0.633. The number of hydrogen-bond acceptors (Lipinski definition) is 5. The molecule has 0 saturated heterocycles. The predicted octanol–water partition coefficient (Wildman–Crippen LogP) is 4.58. The number of halogens is 2. The predicted molar refractivity (Wildman–Crippen MR) is 111 cm³/mol. The lowest BCUT2D eigenvalue weighted by Crippen LogP contribution is -2.49. The summed E-state index contributed by atoms with van der Waals surface area (Å²) in [7, 11) is 3.04. The van der Waals surface area contributed by atoms with E-state index in [9.17, 15) is 8.78 Å². The van der Waals surface area contributed by atoms with Crippen LogP contribution in [-0.2, 0) is 22.1 Å². The number of rotatable bonds is 6. The summed E-state index contributed by atoms with van der Waals surface area (Å²) in [6.45, 7) is 3.59. The molecule has 0 bridgehead atoms. The SMILES string of the molecule is C.C.C.C.CO[Si](C)(OC)OC.CO[Si](C)(OC)c1ccc(F)c(F)c1. The molecule has 0 atom stereocenters. The number of hydrogen-bond donors (Lipinski definition) is 0. The molecule has 0 spiro atoms. The Morgan fingerprint density at radius 2 is 1.04 bits per heavy atom. The van der Waals surface area contributed by atoms with Crippen molar-refractivity contribution < 1.29 is 30.9 Å². The molecule has 160 valence electrons. The van der Waals surface area contributed by atoms with Crippen LogP contribution in [0.25, 0.3) is 0 Å². The Bertz CT molecular complexity index is 449. The van der Waals surface area contributed by atoms with Crippen LogP contribution in [0.4, 0.5) is 8.78 Å². The zero-order valence-corrected chi connectivity index (χ0v) is 16.0. The molecule has 0 saturated carbocycles. The second-order valence-electron chi connectivity index (χ2n) is 4.46. The Labute approximate surface area is 162 Å². The van der Waals surface area contributed by atoms with Crippen molar-refractivity contribution in [1.82, 2.24) is 0 Å². The molecular weight excluding hydrogens is 378 g/mol. The molecule has 26 heavy (non-hydrogen) atoms. The normalized spacial score (nSPS) is 10.0. The van der Waals surface area contributed by atoms with E-state index in [1.165, 1.54) is 20.3 Å². The third-order valence-corrected chi connectivity index (χ3v) is 8.48. The minimum atomic E-state index is -2.53. The van der Waals surface area contributed by atoms with Gasteiger partial charge in [-0.1, -0.05) is 35.8 Å². The molecule has 1 rings (SSSR count). The molecule has 0 radical (unpaired) electrons. The van der Waals surface area contributed by atoms with Gasteiger partial charge < -0.3 is 22.1 Å². The van der Waals surface area contributed by atoms with Crippen LogP contribution >= 0.6 is 0 Å². The topological polar surface area (TPSA) is 46.2 Å². The number of benzene rings is 1. The highest BCUT2D eigenvalue weighted by atomic mass is 28.4. The molecule has 0 N–H and O–H groups in total. The fourth-order valence-corrected chi connectivity index (χ4v) is 3.26. The van der Waals surface area contributed by atoms with E-state index < -0.39 is 29.0 Å². The van der Waals surface area contributed by atoms with Gasteiger partial charge in [0, 0.05) is 42.1 Å². The lowest BCUT2D eigenvalue weighted by molar-refractivity contribution is 0.132. The molecule has 0 aliphatic heterocycles. The summed E-state index contributed by atoms with van der Waals surface area (Å²) in [6.07, 6.45) is 0. The van der Waals surface area contributed by atoms with Gasteiger partial charge in [-0.25, -0.2) is 8.78 Å². The standard InChI is InChI=1S/C9H12F2O2Si.C4H12O3Si.4CH4/c1-12-14(3,13-2)7-4-5-8(10)9(11)6-7;1-5-8(4,6-2)7-3;;;;/h4-6H,1-3H3;1-4H3;4*1H4. The van der Waals surface area contributed by atoms with Crippen LogP contribution in [0.15, 0.2) is 18.2 Å². The first kappa shape index (κ1) is 36.3. The highest BCUT2D eigenvalue weighted by Gasteiger charge is 2.32. The summed E-state index contributed by atoms with van der Waals surface area (Å²) in [5.74, 6) is -1.74. The van der Waals surface area contributed by atoms with E-state index >= 15 is 0 Å². The van der Waals surface area contributed by atoms with E-state index in [-0.39, 0.29) is 29.7 Å². The smallest absolute Gasteiger partial charge is 0.394 e. The van der Waals surface area contributed by atoms with E-state index in [0.717, 1.165) is 12.1 Å². The van der Waals surface area contributed by atoms with Crippen LogP contribution in [0.2, 0.25) is 13.1 Å². The molecule has 0 aliphatic rings. The fraction of sp³-hybridized carbons (Fsp3) is 0.647. The van der Waals surface area contributed by atoms with Gasteiger partial charge in [0.15, 0.2) is 11.6 Å². The van der Waals surface area contributed by atoms with Crippen LogP contribution in [0.5, 0.6) is 0 Å². The average Bonchev–Trinajstić information content (AvgIpc) is 2.56. The molecule has 5 nitrogen and oxygen atoms in total. The fourth-order valence-electron chi connectivity index (χ4n) is 1.35. The summed E-state index contributed by atoms with van der Waals surface area (Å²) in [5.41, 5.74) is 0. The van der Waals surface area contributed by atoms with E-state index in [2.05, 4.69) is 0 Å². The first-order valence-corrected chi connectivity index (χ1v) is 11.0. The summed E-state index contributed by atoms with van der Waals surface area (Å²) < 4.78 is 50.8. The Morgan fingerprint density at radius 3 is 1.27 bits per heavy atom. The van der Waals surface area contributed by atoms with Crippen molar-refractivity contribution >= 4 is 22.6 Å². The van der Waals surface area contributed by atoms with Crippen molar-refractivity contribution in [3.63, 3.8) is 0 Å². The molecule has 0 unspecified atom stereocenters. The Kier molecular flexibility index (Phi) is 23.0. The average molecular weight is 419 g/mol. The van der Waals surface area contributed by atoms with Gasteiger partial charge in [-0.3, -0.25) is 0 Å². The van der Waals surface area contributed by atoms with Crippen molar-refractivity contribution in [1.29, 1.82) is 0 Å². The van der Waals surface area contributed by atoms with Gasteiger partial charge in [0.25, 0.3) is 0 Å². The second kappa shape index (κ2) is 16.5. The zero-order valence-electron chi connectivity index (χ0n) is 14.0. The lowest BCUT2D eigenvalue weighted by Gasteiger charge is -2.22. The van der Waals surface area contributed by atoms with Gasteiger partial charge in [0.05, 0.1) is 0 Å². The maximum Gasteiger partial charge on any atom is 0.496 e. The summed E-state index contributed by atoms with van der Waals surface area (Å²) in [5, 5.41) is 0.571. The van der Waals surface area contributed by atoms with Gasteiger partial charge >= 0.3 is 17.4 Å². The highest BCUT2D eigenvalue weighted by molar-refractivity contribution is 6.79. The minimum absolute atomic E-state index is 0. The maximum absolute atomic E-state index is 12.9. The molecule has 9 heteroatoms. The molecule has 1 aromatic rings. The van der Waals surface area contributed by atoms with Crippen molar-refractivity contribution in [3.05, 3.63) is 29.8 Å². The van der Waals surface area contributed by atoms with Gasteiger partial charge in [-0.2, -0.15) is 0 Å². The van der Waals surface area contributed by atoms with Gasteiger partial charge in [0.1, 0.15) is 0 Å². The van der Waals surface area contributed by atoms with Gasteiger partial charge in [-0.15, -0.1) is 0 Å². The molecule has 1 aromatic carbocycles. The third-order valence-electron chi connectivity index (χ3n) is 3.34. The van der Waals surface area contributed by atoms with E-state index in [4.69, 9.17) is 22.1 Å². The molecule has 0 aliphatic carbocycles. The monoisotopic (exact) mass is 418 g/mol. The summed E-state index contributed by atoms with van der Waals surface area (Å²) in [6, 6.07) is 3.68. The third kappa shape index (κ3) is 10.5. The molecule has 0 heterocycles. The Morgan fingerprint density at radius 1 is 0.654 bits per heavy atom. The van der Waals surface area contributed by atoms with Crippen LogP contribution in [-0.4, -0.2) is 52.9 Å². The van der Waals surface area contributed by atoms with Crippen LogP contribution in [0, 0.1) is 11.6 Å². The van der Waals surface area contributed by atoms with Crippen LogP contribution in [0.1, 0.15) is 29.7 Å². The second-order valence-corrected chi connectivity index (χ2v) is 10.7. The largest absolute Gasteiger partial charge is 0.496 e. The van der Waals surface area contributed by atoms with Gasteiger partial charge in [-0.05, 0) is 23.9 Å². The molecule has 0 aromatic heterocycles. The Hall–Kier alpha value is -0.686. The van der Waals surface area contributed by atoms with E-state index in [0.29, 0.717) is 5.19 Å². The lowest BCUT2D eigenvalue weighted by atomic mass is 10.3. The van der Waals surface area contributed by atoms with Crippen molar-refractivity contribution in [2.75, 3.05) is 35.5 Å². The van der Waals surface area contributed by atoms with Crippen LogP contribution < -0.4 is 5.19 Å². The van der Waals surface area contributed by atoms with Crippen molar-refractivity contribution in [2.24, 2.45) is 0 Å². The summed E-state index contributed by atoms with van der Waals surface area (Å²) in [4.78, 5) is 0. The first-order chi connectivity index (χ1) is 10.2. The van der Waals surface area contributed by atoms with Gasteiger partial charge in [0.2, 0.25) is 0 Å². The van der Waals surface area contributed by atoms with Crippen molar-refractivity contribution in [3.8, 4) is 0 Å². The zero-order chi connectivity index (χ0) is 17.4. The minimum Gasteiger partial charge on any atom is -0.394 e. The maximum atomic E-state index is 12.9. The van der Waals surface area contributed by atoms with Crippen LogP contribution in [0.3, 0.4) is 0 Å². The van der Waals surface area contributed by atoms with E-state index in [1.54, 1.807) is 27.9 Å². The summed E-state index contributed by atoms with van der Waals surface area (Å²) >= 11 is 0. The molecule has 0 amide bonds. The Balaban J connectivity index is -0.000000109. The van der Waals surface area contributed by atoms with Crippen molar-refractivity contribution in [2.45, 2.75) is 42.8 Å².